The maximum Gasteiger partial charge on any atom is 0.220 e. The molecule has 0 spiro atoms. The van der Waals surface area contributed by atoms with Gasteiger partial charge >= 0.3 is 0 Å². The predicted molar refractivity (Wildman–Crippen MR) is 379 cm³/mol. The number of unbranched alkanes of at least 4 members (excludes halogenated alkanes) is 49. The van der Waals surface area contributed by atoms with E-state index in [1.54, 1.807) is 0 Å². The van der Waals surface area contributed by atoms with Gasteiger partial charge in [0.15, 0.2) is 18.9 Å². The average Bonchev–Trinajstić information content (AvgIpc) is 0.786. The van der Waals surface area contributed by atoms with E-state index in [2.05, 4.69) is 19.2 Å². The summed E-state index contributed by atoms with van der Waals surface area (Å²) < 4.78 is 34.4. The van der Waals surface area contributed by atoms with Crippen LogP contribution in [0.5, 0.6) is 0 Å². The zero-order valence-electron chi connectivity index (χ0n) is 60.9. The van der Waals surface area contributed by atoms with Gasteiger partial charge in [-0.3, -0.25) is 4.79 Å². The van der Waals surface area contributed by atoms with Crippen molar-refractivity contribution in [1.29, 1.82) is 0 Å². The fraction of sp³-hybridized carbons (Fsp3) is 0.987. The second-order valence-electron chi connectivity index (χ2n) is 29.2. The van der Waals surface area contributed by atoms with E-state index >= 15 is 0 Å². The third-order valence-electron chi connectivity index (χ3n) is 20.7. The van der Waals surface area contributed by atoms with Crippen molar-refractivity contribution >= 4 is 5.91 Å². The molecule has 96 heavy (non-hydrogen) atoms. The molecule has 0 aromatic carbocycles. The molecule has 0 bridgehead atoms. The van der Waals surface area contributed by atoms with Crippen LogP contribution >= 0.6 is 0 Å². The van der Waals surface area contributed by atoms with Crippen LogP contribution in [0.2, 0.25) is 0 Å². The molecule has 3 heterocycles. The highest BCUT2D eigenvalue weighted by Gasteiger charge is 2.54. The Morgan fingerprint density at radius 1 is 0.333 bits per heavy atom. The molecule has 19 nitrogen and oxygen atoms in total. The summed E-state index contributed by atoms with van der Waals surface area (Å²) in [6.07, 6.45) is 41.2. The number of aliphatic hydroxyl groups is 11. The summed E-state index contributed by atoms with van der Waals surface area (Å²) in [4.78, 5) is 13.4. The highest BCUT2D eigenvalue weighted by molar-refractivity contribution is 5.76. The number of rotatable bonds is 65. The molecular weight excluding hydrogens is 1230 g/mol. The number of nitrogens with one attached hydrogen (secondary N) is 1. The highest BCUT2D eigenvalue weighted by atomic mass is 16.8. The van der Waals surface area contributed by atoms with Crippen LogP contribution in [0.3, 0.4) is 0 Å². The molecule has 0 aliphatic carbocycles. The summed E-state index contributed by atoms with van der Waals surface area (Å²) in [5.74, 6) is -0.236. The Morgan fingerprint density at radius 2 is 0.594 bits per heavy atom. The van der Waals surface area contributed by atoms with E-state index in [1.165, 1.54) is 276 Å². The lowest BCUT2D eigenvalue weighted by Crippen LogP contribution is -2.66. The third kappa shape index (κ3) is 39.4. The Balaban J connectivity index is 1.24. The van der Waals surface area contributed by atoms with Gasteiger partial charge in [0.05, 0.1) is 38.6 Å². The molecule has 0 saturated carbocycles. The number of hydrogen-bond donors (Lipinski definition) is 12. The van der Waals surface area contributed by atoms with Crippen molar-refractivity contribution in [2.45, 2.75) is 458 Å². The molecule has 0 aromatic rings. The van der Waals surface area contributed by atoms with E-state index in [-0.39, 0.29) is 18.9 Å². The van der Waals surface area contributed by atoms with Gasteiger partial charge in [0.1, 0.15) is 73.2 Å². The highest BCUT2D eigenvalue weighted by Crippen LogP contribution is 2.33. The largest absolute Gasteiger partial charge is 0.394 e. The van der Waals surface area contributed by atoms with Gasteiger partial charge in [0.25, 0.3) is 0 Å². The van der Waals surface area contributed by atoms with E-state index < -0.39 is 124 Å². The zero-order chi connectivity index (χ0) is 69.6. The van der Waals surface area contributed by atoms with Gasteiger partial charge in [-0.2, -0.15) is 0 Å². The zero-order valence-corrected chi connectivity index (χ0v) is 60.9. The molecule has 3 aliphatic rings. The van der Waals surface area contributed by atoms with Gasteiger partial charge in [-0.1, -0.05) is 335 Å². The molecule has 3 rings (SSSR count). The van der Waals surface area contributed by atoms with Gasteiger partial charge in [0.2, 0.25) is 5.91 Å². The van der Waals surface area contributed by atoms with Crippen LogP contribution in [-0.2, 0) is 33.2 Å². The van der Waals surface area contributed by atoms with E-state index in [1.807, 2.05) is 0 Å². The van der Waals surface area contributed by atoms with Crippen molar-refractivity contribution in [3.63, 3.8) is 0 Å². The monoisotopic (exact) mass is 1380 g/mol. The summed E-state index contributed by atoms with van der Waals surface area (Å²) in [5.41, 5.74) is 0. The second kappa shape index (κ2) is 59.2. The Hall–Kier alpha value is -1.21. The van der Waals surface area contributed by atoms with Gasteiger partial charge < -0.3 is 89.9 Å². The maximum atomic E-state index is 13.4. The first-order valence-electron chi connectivity index (χ1n) is 40.3. The Kier molecular flexibility index (Phi) is 54.9. The Labute approximate surface area is 583 Å². The van der Waals surface area contributed by atoms with E-state index in [0.717, 1.165) is 44.9 Å². The minimum absolute atomic E-state index is 0.236. The molecule has 17 unspecified atom stereocenters. The molecule has 17 atom stereocenters. The normalized spacial score (nSPS) is 26.9. The number of ether oxygens (including phenoxy) is 6. The summed E-state index contributed by atoms with van der Waals surface area (Å²) in [5, 5.41) is 121. The molecule has 0 radical (unpaired) electrons. The lowest BCUT2D eigenvalue weighted by Gasteiger charge is -2.48. The fourth-order valence-corrected chi connectivity index (χ4v) is 14.2. The molecule has 570 valence electrons. The van der Waals surface area contributed by atoms with Crippen LogP contribution in [-0.4, -0.2) is 193 Å². The number of hydrogen-bond acceptors (Lipinski definition) is 18. The van der Waals surface area contributed by atoms with Gasteiger partial charge in [-0.15, -0.1) is 0 Å². The molecule has 12 N–H and O–H groups in total. The van der Waals surface area contributed by atoms with Crippen LogP contribution in [0.4, 0.5) is 0 Å². The first kappa shape index (κ1) is 89.0. The molecule has 3 fully saturated rings. The molecule has 3 saturated heterocycles. The van der Waals surface area contributed by atoms with E-state index in [4.69, 9.17) is 28.4 Å². The second-order valence-corrected chi connectivity index (χ2v) is 29.2. The quantitative estimate of drug-likeness (QED) is 0.0252. The van der Waals surface area contributed by atoms with Crippen LogP contribution in [0.15, 0.2) is 0 Å². The van der Waals surface area contributed by atoms with Crippen molar-refractivity contribution in [3.05, 3.63) is 0 Å². The van der Waals surface area contributed by atoms with Crippen LogP contribution in [0, 0.1) is 0 Å². The average molecular weight is 1380 g/mol. The fourth-order valence-electron chi connectivity index (χ4n) is 14.2. The first-order valence-corrected chi connectivity index (χ1v) is 40.3. The molecule has 19 heteroatoms. The Morgan fingerprint density at radius 3 is 0.906 bits per heavy atom. The van der Waals surface area contributed by atoms with Crippen LogP contribution in [0.25, 0.3) is 0 Å². The lowest BCUT2D eigenvalue weighted by atomic mass is 9.96. The smallest absolute Gasteiger partial charge is 0.220 e. The van der Waals surface area contributed by atoms with Crippen molar-refractivity contribution in [3.8, 4) is 0 Å². The summed E-state index contributed by atoms with van der Waals surface area (Å²) in [6, 6.07) is -0.881. The van der Waals surface area contributed by atoms with Crippen molar-refractivity contribution in [1.82, 2.24) is 5.32 Å². The SMILES string of the molecule is CCCCCCCCCCCCCCCCCCCCCCCCCCCCCCCCCCCCCCCCCCC(=O)NC(COC1OC(CO)C(OC2OC(CO)C(OC3OC(CO)C(O)C(O)C3O)C(O)C2O)C(O)C1O)C(O)CCCCCCCCCCCCC. The minimum Gasteiger partial charge on any atom is -0.394 e. The van der Waals surface area contributed by atoms with Gasteiger partial charge in [-0.05, 0) is 12.8 Å². The van der Waals surface area contributed by atoms with Crippen molar-refractivity contribution in [2.24, 2.45) is 0 Å². The first-order chi connectivity index (χ1) is 46.8. The summed E-state index contributed by atoms with van der Waals surface area (Å²) in [7, 11) is 0. The van der Waals surface area contributed by atoms with Crippen LogP contribution in [0.1, 0.15) is 354 Å². The van der Waals surface area contributed by atoms with Crippen molar-refractivity contribution in [2.75, 3.05) is 26.4 Å². The van der Waals surface area contributed by atoms with Gasteiger partial charge in [-0.25, -0.2) is 0 Å². The topological polar surface area (TPSA) is 307 Å². The van der Waals surface area contributed by atoms with Gasteiger partial charge in [0, 0.05) is 6.42 Å². The number of carbonyl (C=O) groups excluding carboxylic acids is 1. The predicted octanol–water partition coefficient (Wildman–Crippen LogP) is 13.0. The standard InChI is InChI=1S/C77H149NO18/c1-3-5-7-9-11-13-15-16-17-18-19-20-21-22-23-24-25-26-27-28-29-30-31-32-33-34-35-36-37-38-39-40-41-42-43-45-47-49-51-53-55-65(83)78-60(61(82)54-52-50-48-46-44-14-12-10-8-6-4-2)59-91-75-71(89)68(86)73(63(57-80)93-75)96-77-72(90)69(87)74(64(58-81)94-77)95-76-70(88)67(85)66(84)62(56-79)92-76/h60-64,66-77,79-82,84-90H,3-59H2,1-2H3,(H,78,83). The third-order valence-corrected chi connectivity index (χ3v) is 20.7. The van der Waals surface area contributed by atoms with E-state index in [0.29, 0.717) is 12.8 Å². The molecule has 1 amide bonds. The van der Waals surface area contributed by atoms with Crippen molar-refractivity contribution < 1.29 is 89.4 Å². The Bertz CT molecular complexity index is 1740. The maximum absolute atomic E-state index is 13.4. The summed E-state index contributed by atoms with van der Waals surface area (Å²) in [6.45, 7) is 1.83. The van der Waals surface area contributed by atoms with E-state index in [9.17, 15) is 61.0 Å². The number of aliphatic hydroxyl groups excluding tert-OH is 11. The van der Waals surface area contributed by atoms with Crippen LogP contribution < -0.4 is 5.32 Å². The molecule has 3 aliphatic heterocycles. The summed E-state index contributed by atoms with van der Waals surface area (Å²) >= 11 is 0. The molecule has 0 aromatic heterocycles. The number of amides is 1. The molecular formula is C77H149NO18. The lowest BCUT2D eigenvalue weighted by molar-refractivity contribution is -0.379. The minimum atomic E-state index is -1.97. The number of carbonyl (C=O) groups is 1.